The van der Waals surface area contributed by atoms with Crippen LogP contribution < -0.4 is 5.73 Å². The van der Waals surface area contributed by atoms with Crippen molar-refractivity contribution in [2.45, 2.75) is 19.8 Å². The third-order valence-corrected chi connectivity index (χ3v) is 2.56. The lowest BCUT2D eigenvalue weighted by Crippen LogP contribution is -1.94. The smallest absolute Gasteiger partial charge is 0.146 e. The van der Waals surface area contributed by atoms with Crippen LogP contribution >= 0.6 is 0 Å². The quantitative estimate of drug-likeness (QED) is 0.834. The van der Waals surface area contributed by atoms with Crippen LogP contribution in [0.1, 0.15) is 25.3 Å². The van der Waals surface area contributed by atoms with Gasteiger partial charge >= 0.3 is 0 Å². The Kier molecular flexibility index (Phi) is 2.86. The Hall–Kier alpha value is -1.90. The average molecular weight is 213 g/mol. The molecule has 0 amide bonds. The van der Waals surface area contributed by atoms with Gasteiger partial charge in [0.2, 0.25) is 0 Å². The van der Waals surface area contributed by atoms with E-state index in [9.17, 15) is 0 Å². The molecule has 1 aromatic carbocycles. The molecule has 0 aliphatic rings. The molecule has 16 heavy (non-hydrogen) atoms. The Morgan fingerprint density at radius 3 is 2.12 bits per heavy atom. The van der Waals surface area contributed by atoms with Crippen LogP contribution in [0.3, 0.4) is 0 Å². The molecule has 0 radical (unpaired) electrons. The molecular formula is C13H15N3. The monoisotopic (exact) mass is 213 g/mol. The van der Waals surface area contributed by atoms with Crippen LogP contribution in [-0.4, -0.2) is 10.2 Å². The predicted molar refractivity (Wildman–Crippen MR) is 66.0 cm³/mol. The minimum absolute atomic E-state index is 0.447. The first-order chi connectivity index (χ1) is 7.66. The normalized spacial score (nSPS) is 10.7. The molecule has 0 spiro atoms. The van der Waals surface area contributed by atoms with Crippen molar-refractivity contribution < 1.29 is 0 Å². The van der Waals surface area contributed by atoms with Crippen LogP contribution in [0.4, 0.5) is 5.82 Å². The van der Waals surface area contributed by atoms with E-state index in [4.69, 9.17) is 5.73 Å². The van der Waals surface area contributed by atoms with Gasteiger partial charge in [-0.1, -0.05) is 38.1 Å². The van der Waals surface area contributed by atoms with Crippen LogP contribution in [0.5, 0.6) is 0 Å². The zero-order chi connectivity index (χ0) is 11.5. The Morgan fingerprint density at radius 1 is 0.938 bits per heavy atom. The summed E-state index contributed by atoms with van der Waals surface area (Å²) in [7, 11) is 0. The second-order valence-corrected chi connectivity index (χ2v) is 4.12. The average Bonchev–Trinajstić information content (AvgIpc) is 2.30. The van der Waals surface area contributed by atoms with Crippen molar-refractivity contribution in [1.29, 1.82) is 0 Å². The second-order valence-electron chi connectivity index (χ2n) is 4.12. The zero-order valence-electron chi connectivity index (χ0n) is 9.51. The summed E-state index contributed by atoms with van der Waals surface area (Å²) in [6, 6.07) is 12.0. The fourth-order valence-electron chi connectivity index (χ4n) is 1.54. The van der Waals surface area contributed by atoms with Gasteiger partial charge in [-0.15, -0.1) is 10.2 Å². The van der Waals surface area contributed by atoms with Crippen LogP contribution in [0.25, 0.3) is 11.3 Å². The summed E-state index contributed by atoms with van der Waals surface area (Å²) in [5.41, 5.74) is 8.74. The van der Waals surface area contributed by atoms with Crippen LogP contribution in [-0.2, 0) is 0 Å². The maximum atomic E-state index is 5.49. The maximum absolute atomic E-state index is 5.49. The number of rotatable bonds is 2. The molecule has 2 rings (SSSR count). The van der Waals surface area contributed by atoms with Crippen LogP contribution in [0.2, 0.25) is 0 Å². The van der Waals surface area contributed by atoms with Gasteiger partial charge in [-0.3, -0.25) is 0 Å². The molecule has 3 nitrogen and oxygen atoms in total. The van der Waals surface area contributed by atoms with Crippen LogP contribution in [0, 0.1) is 0 Å². The molecule has 0 unspecified atom stereocenters. The highest BCUT2D eigenvalue weighted by Crippen LogP contribution is 2.20. The number of benzene rings is 1. The Morgan fingerprint density at radius 2 is 1.62 bits per heavy atom. The lowest BCUT2D eigenvalue weighted by Gasteiger charge is -2.06. The molecule has 0 saturated carbocycles. The van der Waals surface area contributed by atoms with Crippen molar-refractivity contribution in [2.75, 3.05) is 5.73 Å². The molecule has 0 bridgehead atoms. The summed E-state index contributed by atoms with van der Waals surface area (Å²) >= 11 is 0. The Bertz CT molecular complexity index is 458. The number of nitrogens with zero attached hydrogens (tertiary/aromatic N) is 2. The first-order valence-corrected chi connectivity index (χ1v) is 5.36. The lowest BCUT2D eigenvalue weighted by molar-refractivity contribution is 0.867. The maximum Gasteiger partial charge on any atom is 0.146 e. The van der Waals surface area contributed by atoms with Gasteiger partial charge in [0, 0.05) is 5.56 Å². The molecule has 1 heterocycles. The summed E-state index contributed by atoms with van der Waals surface area (Å²) in [4.78, 5) is 0. The summed E-state index contributed by atoms with van der Waals surface area (Å²) in [5, 5.41) is 7.89. The predicted octanol–water partition coefficient (Wildman–Crippen LogP) is 2.85. The van der Waals surface area contributed by atoms with Gasteiger partial charge in [0.25, 0.3) is 0 Å². The third-order valence-electron chi connectivity index (χ3n) is 2.56. The molecule has 82 valence electrons. The molecule has 3 heteroatoms. The fourth-order valence-corrected chi connectivity index (χ4v) is 1.54. The number of aromatic nitrogens is 2. The van der Waals surface area contributed by atoms with Gasteiger partial charge in [0.1, 0.15) is 5.82 Å². The highest BCUT2D eigenvalue weighted by molar-refractivity contribution is 5.59. The summed E-state index contributed by atoms with van der Waals surface area (Å²) in [6.07, 6.45) is 0. The minimum atomic E-state index is 0.447. The molecule has 0 fully saturated rings. The number of anilines is 1. The SMILES string of the molecule is CC(C)c1ccc(-c2ccc(N)nn2)cc1. The Balaban J connectivity index is 2.31. The standard InChI is InChI=1S/C13H15N3/c1-9(2)10-3-5-11(6-4-10)12-7-8-13(14)16-15-12/h3-9H,1-2H3,(H2,14,16). The topological polar surface area (TPSA) is 51.8 Å². The van der Waals surface area contributed by atoms with Crippen LogP contribution in [0.15, 0.2) is 36.4 Å². The minimum Gasteiger partial charge on any atom is -0.382 e. The van der Waals surface area contributed by atoms with Gasteiger partial charge < -0.3 is 5.73 Å². The Labute approximate surface area is 95.3 Å². The fraction of sp³-hybridized carbons (Fsp3) is 0.231. The van der Waals surface area contributed by atoms with E-state index in [1.165, 1.54) is 5.56 Å². The van der Waals surface area contributed by atoms with E-state index < -0.39 is 0 Å². The van der Waals surface area contributed by atoms with Crippen molar-refractivity contribution in [2.24, 2.45) is 0 Å². The third kappa shape index (κ3) is 2.19. The van der Waals surface area contributed by atoms with E-state index in [1.807, 2.05) is 6.07 Å². The van der Waals surface area contributed by atoms with Crippen molar-refractivity contribution in [3.05, 3.63) is 42.0 Å². The van der Waals surface area contributed by atoms with E-state index >= 15 is 0 Å². The molecule has 0 saturated heterocycles. The van der Waals surface area contributed by atoms with Crippen molar-refractivity contribution in [3.63, 3.8) is 0 Å². The molecule has 2 aromatic rings. The summed E-state index contributed by atoms with van der Waals surface area (Å²) in [5.74, 6) is 0.995. The molecule has 0 aliphatic carbocycles. The lowest BCUT2D eigenvalue weighted by atomic mass is 10.0. The van der Waals surface area contributed by atoms with Gasteiger partial charge in [-0.05, 0) is 23.6 Å². The molecule has 0 aliphatic heterocycles. The number of hydrogen-bond donors (Lipinski definition) is 1. The molecule has 2 N–H and O–H groups in total. The number of hydrogen-bond acceptors (Lipinski definition) is 3. The van der Waals surface area contributed by atoms with Crippen molar-refractivity contribution in [3.8, 4) is 11.3 Å². The van der Waals surface area contributed by atoms with E-state index in [0.717, 1.165) is 11.3 Å². The van der Waals surface area contributed by atoms with Crippen molar-refractivity contribution in [1.82, 2.24) is 10.2 Å². The first kappa shape index (κ1) is 10.6. The van der Waals surface area contributed by atoms with Crippen molar-refractivity contribution >= 4 is 5.82 Å². The zero-order valence-corrected chi connectivity index (χ0v) is 9.51. The van der Waals surface area contributed by atoms with E-state index in [2.05, 4.69) is 48.3 Å². The van der Waals surface area contributed by atoms with Gasteiger partial charge in [-0.2, -0.15) is 0 Å². The highest BCUT2D eigenvalue weighted by Gasteiger charge is 2.02. The van der Waals surface area contributed by atoms with E-state index in [0.29, 0.717) is 11.7 Å². The van der Waals surface area contributed by atoms with E-state index in [1.54, 1.807) is 6.07 Å². The highest BCUT2D eigenvalue weighted by atomic mass is 15.1. The summed E-state index contributed by atoms with van der Waals surface area (Å²) in [6.45, 7) is 4.36. The van der Waals surface area contributed by atoms with Gasteiger partial charge in [0.15, 0.2) is 0 Å². The first-order valence-electron chi connectivity index (χ1n) is 5.36. The molecular weight excluding hydrogens is 198 g/mol. The molecule has 1 aromatic heterocycles. The van der Waals surface area contributed by atoms with E-state index in [-0.39, 0.29) is 0 Å². The second kappa shape index (κ2) is 4.31. The number of nitrogens with two attached hydrogens (primary N) is 1. The molecule has 0 atom stereocenters. The van der Waals surface area contributed by atoms with Gasteiger partial charge in [0.05, 0.1) is 5.69 Å². The largest absolute Gasteiger partial charge is 0.382 e. The van der Waals surface area contributed by atoms with Gasteiger partial charge in [-0.25, -0.2) is 0 Å². The summed E-state index contributed by atoms with van der Waals surface area (Å²) < 4.78 is 0. The number of nitrogen functional groups attached to an aromatic ring is 1.